The van der Waals surface area contributed by atoms with Crippen LogP contribution < -0.4 is 14.9 Å². The molecule has 9 heteroatoms. The number of benzene rings is 1. The first-order valence-corrected chi connectivity index (χ1v) is 10.2. The lowest BCUT2D eigenvalue weighted by Gasteiger charge is -2.24. The number of hydrogen-bond acceptors (Lipinski definition) is 6. The highest BCUT2D eigenvalue weighted by Gasteiger charge is 2.21. The second-order valence-corrected chi connectivity index (χ2v) is 7.88. The normalized spacial score (nSPS) is 12.2. The predicted molar refractivity (Wildman–Crippen MR) is 115 cm³/mol. The van der Waals surface area contributed by atoms with Crippen molar-refractivity contribution in [3.8, 4) is 5.75 Å². The van der Waals surface area contributed by atoms with Gasteiger partial charge in [0.2, 0.25) is 0 Å². The molecule has 155 valence electrons. The minimum absolute atomic E-state index is 0.0823. The van der Waals surface area contributed by atoms with Crippen LogP contribution >= 0.6 is 23.2 Å². The number of hydrogen-bond donors (Lipinski definition) is 1. The average Bonchev–Trinajstić information content (AvgIpc) is 2.62. The molecule has 0 aliphatic heterocycles. The summed E-state index contributed by atoms with van der Waals surface area (Å²) in [4.78, 5) is 24.7. The Morgan fingerprint density at radius 3 is 2.32 bits per heavy atom. The molecule has 0 saturated heterocycles. The fourth-order valence-corrected chi connectivity index (χ4v) is 2.86. The smallest absolute Gasteiger partial charge is 0.307 e. The highest BCUT2D eigenvalue weighted by atomic mass is 35.5. The van der Waals surface area contributed by atoms with Gasteiger partial charge in [-0.3, -0.25) is 4.79 Å². The van der Waals surface area contributed by atoms with Crippen molar-refractivity contribution < 1.29 is 19.1 Å². The van der Waals surface area contributed by atoms with E-state index in [2.05, 4.69) is 10.1 Å². The average molecular weight is 430 g/mol. The zero-order chi connectivity index (χ0) is 21.0. The van der Waals surface area contributed by atoms with E-state index in [1.165, 1.54) is 7.41 Å². The SMILES string of the molecule is CC(C)(C)OC(=O)C[C@H](COc1ccc(N(CCCl)CCCl)cc1)N[B]C=O. The number of nitrogens with zero attached hydrogens (tertiary/aromatic N) is 1. The van der Waals surface area contributed by atoms with Crippen LogP contribution in [-0.2, 0) is 14.3 Å². The maximum atomic E-state index is 12.0. The van der Waals surface area contributed by atoms with Gasteiger partial charge < -0.3 is 24.4 Å². The molecule has 0 fully saturated rings. The van der Waals surface area contributed by atoms with Gasteiger partial charge in [0.1, 0.15) is 18.0 Å². The summed E-state index contributed by atoms with van der Waals surface area (Å²) in [6.45, 7) is 7.04. The summed E-state index contributed by atoms with van der Waals surface area (Å²) in [5.74, 6) is 1.32. The highest BCUT2D eigenvalue weighted by molar-refractivity contribution is 6.64. The van der Waals surface area contributed by atoms with E-state index in [9.17, 15) is 9.59 Å². The third-order valence-corrected chi connectivity index (χ3v) is 3.93. The predicted octanol–water partition coefficient (Wildman–Crippen LogP) is 2.85. The van der Waals surface area contributed by atoms with E-state index in [-0.39, 0.29) is 25.0 Å². The number of rotatable bonds is 13. The third-order valence-electron chi connectivity index (χ3n) is 3.59. The molecule has 28 heavy (non-hydrogen) atoms. The second-order valence-electron chi connectivity index (χ2n) is 7.13. The zero-order valence-electron chi connectivity index (χ0n) is 16.6. The van der Waals surface area contributed by atoms with Crippen LogP contribution in [0.4, 0.5) is 5.69 Å². The standard InChI is InChI=1S/C19H28BCl2N2O4/c1-19(2,3)28-18(26)12-15(23-20-14-25)13-27-17-6-4-16(5-7-17)24(10-8-21)11-9-22/h4-7,14-15,23H,8-13H2,1-3H3/t15-/m1/s1. The number of ether oxygens (including phenoxy) is 2. The van der Waals surface area contributed by atoms with Gasteiger partial charge in [-0.1, -0.05) is 0 Å². The molecule has 0 bridgehead atoms. The summed E-state index contributed by atoms with van der Waals surface area (Å²) in [7, 11) is 1.25. The fourth-order valence-electron chi connectivity index (χ4n) is 2.45. The Labute approximate surface area is 178 Å². The monoisotopic (exact) mass is 429 g/mol. The van der Waals surface area contributed by atoms with Crippen molar-refractivity contribution >= 4 is 48.5 Å². The van der Waals surface area contributed by atoms with Gasteiger partial charge in [0.05, 0.1) is 12.6 Å². The molecule has 0 heterocycles. The van der Waals surface area contributed by atoms with Gasteiger partial charge in [-0.25, -0.2) is 0 Å². The maximum Gasteiger partial charge on any atom is 0.307 e. The molecule has 0 aromatic heterocycles. The van der Waals surface area contributed by atoms with Crippen molar-refractivity contribution in [1.82, 2.24) is 5.23 Å². The summed E-state index contributed by atoms with van der Waals surface area (Å²) >= 11 is 11.7. The lowest BCUT2D eigenvalue weighted by molar-refractivity contribution is -0.155. The molecule has 1 atom stereocenters. The largest absolute Gasteiger partial charge is 0.492 e. The topological polar surface area (TPSA) is 67.9 Å². The second kappa shape index (κ2) is 12.9. The van der Waals surface area contributed by atoms with Gasteiger partial charge in [0.15, 0.2) is 0 Å². The van der Waals surface area contributed by atoms with Crippen molar-refractivity contribution in [2.75, 3.05) is 36.4 Å². The van der Waals surface area contributed by atoms with E-state index in [0.29, 0.717) is 36.8 Å². The van der Waals surface area contributed by atoms with Crippen LogP contribution in [0.15, 0.2) is 24.3 Å². The molecular weight excluding hydrogens is 402 g/mol. The van der Waals surface area contributed by atoms with Crippen LogP contribution in [0.5, 0.6) is 5.75 Å². The molecule has 1 aromatic carbocycles. The Morgan fingerprint density at radius 1 is 1.21 bits per heavy atom. The molecule has 0 amide bonds. The van der Waals surface area contributed by atoms with Crippen LogP contribution in [0.1, 0.15) is 27.2 Å². The van der Waals surface area contributed by atoms with E-state index in [0.717, 1.165) is 5.69 Å². The number of carbonyl (C=O) groups is 2. The summed E-state index contributed by atoms with van der Waals surface area (Å²) < 4.78 is 11.1. The van der Waals surface area contributed by atoms with Gasteiger partial charge in [0.25, 0.3) is 7.41 Å². The van der Waals surface area contributed by atoms with Gasteiger partial charge in [-0.2, -0.15) is 0 Å². The van der Waals surface area contributed by atoms with Crippen LogP contribution in [0, 0.1) is 0 Å². The minimum atomic E-state index is -0.565. The Bertz CT molecular complexity index is 591. The van der Waals surface area contributed by atoms with Gasteiger partial charge >= 0.3 is 5.97 Å². The van der Waals surface area contributed by atoms with Crippen molar-refractivity contribution in [1.29, 1.82) is 0 Å². The molecule has 1 radical (unpaired) electrons. The Balaban J connectivity index is 2.65. The summed E-state index contributed by atoms with van der Waals surface area (Å²) in [5, 5.41) is 2.86. The quantitative estimate of drug-likeness (QED) is 0.225. The summed E-state index contributed by atoms with van der Waals surface area (Å²) in [6, 6.07) is 7.17. The fraction of sp³-hybridized carbons (Fsp3) is 0.579. The number of alkyl halides is 2. The Hall–Kier alpha value is -1.44. The maximum absolute atomic E-state index is 12.0. The van der Waals surface area contributed by atoms with E-state index in [1.807, 2.05) is 24.3 Å². The first-order valence-electron chi connectivity index (χ1n) is 9.13. The number of esters is 1. The van der Waals surface area contributed by atoms with Gasteiger partial charge in [0, 0.05) is 36.6 Å². The Morgan fingerprint density at radius 2 is 1.82 bits per heavy atom. The molecular formula is C19H28BCl2N2O4. The molecule has 0 saturated carbocycles. The molecule has 1 rings (SSSR count). The number of nitrogens with one attached hydrogen (secondary N) is 1. The number of carbonyl (C=O) groups excluding carboxylic acids is 2. The Kier molecular flexibility index (Phi) is 11.3. The van der Waals surface area contributed by atoms with Crippen LogP contribution in [0.2, 0.25) is 0 Å². The number of anilines is 1. The summed E-state index contributed by atoms with van der Waals surface area (Å²) in [6.07, 6.45) is 0.706. The van der Waals surface area contributed by atoms with Crippen molar-refractivity contribution in [3.63, 3.8) is 0 Å². The lowest BCUT2D eigenvalue weighted by Crippen LogP contribution is -2.40. The molecule has 0 spiro atoms. The van der Waals surface area contributed by atoms with Crippen molar-refractivity contribution in [3.05, 3.63) is 24.3 Å². The van der Waals surface area contributed by atoms with E-state index < -0.39 is 5.60 Å². The highest BCUT2D eigenvalue weighted by Crippen LogP contribution is 2.20. The van der Waals surface area contributed by atoms with E-state index in [1.54, 1.807) is 20.8 Å². The molecule has 1 aromatic rings. The molecule has 6 nitrogen and oxygen atoms in total. The van der Waals surface area contributed by atoms with Crippen LogP contribution in [0.25, 0.3) is 0 Å². The van der Waals surface area contributed by atoms with Crippen molar-refractivity contribution in [2.24, 2.45) is 0 Å². The van der Waals surface area contributed by atoms with Crippen molar-refractivity contribution in [2.45, 2.75) is 38.8 Å². The molecule has 0 aliphatic rings. The van der Waals surface area contributed by atoms with E-state index >= 15 is 0 Å². The lowest BCUT2D eigenvalue weighted by atomic mass is 9.96. The van der Waals surface area contributed by atoms with Gasteiger partial charge in [-0.15, -0.1) is 23.2 Å². The van der Waals surface area contributed by atoms with E-state index in [4.69, 9.17) is 32.7 Å². The first kappa shape index (κ1) is 24.6. The van der Waals surface area contributed by atoms with Crippen LogP contribution in [-0.4, -0.2) is 62.7 Å². The summed E-state index contributed by atoms with van der Waals surface area (Å²) in [5.41, 5.74) is 0.441. The molecule has 1 N–H and O–H groups in total. The molecule has 0 aliphatic carbocycles. The zero-order valence-corrected chi connectivity index (χ0v) is 18.1. The third kappa shape index (κ3) is 10.2. The van der Waals surface area contributed by atoms with Gasteiger partial charge in [-0.05, 0) is 45.0 Å². The van der Waals surface area contributed by atoms with Crippen LogP contribution in [0.3, 0.4) is 0 Å². The molecule has 0 unspecified atom stereocenters. The number of halogens is 2. The minimum Gasteiger partial charge on any atom is -0.492 e. The first-order chi connectivity index (χ1) is 13.3.